The van der Waals surface area contributed by atoms with Gasteiger partial charge in [-0.25, -0.2) is 4.98 Å². The van der Waals surface area contributed by atoms with Gasteiger partial charge in [0.05, 0.1) is 23.1 Å². The normalized spacial score (nSPS) is 17.1. The van der Waals surface area contributed by atoms with Crippen LogP contribution in [0.4, 0.5) is 11.5 Å². The highest BCUT2D eigenvalue weighted by atomic mass is 16.1. The summed E-state index contributed by atoms with van der Waals surface area (Å²) in [5.74, 6) is 1.36. The van der Waals surface area contributed by atoms with Gasteiger partial charge >= 0.3 is 0 Å². The van der Waals surface area contributed by atoms with Crippen molar-refractivity contribution in [2.45, 2.75) is 32.6 Å². The maximum absolute atomic E-state index is 12.8. The fourth-order valence-electron chi connectivity index (χ4n) is 3.69. The number of hydrogen-bond donors (Lipinski definition) is 1. The van der Waals surface area contributed by atoms with E-state index in [4.69, 9.17) is 4.98 Å². The predicted octanol–water partition coefficient (Wildman–Crippen LogP) is 4.61. The van der Waals surface area contributed by atoms with Crippen LogP contribution in [0.3, 0.4) is 0 Å². The molecule has 3 aromatic rings. The standard InChI is InChI=1S/C23H26N4O/c1-16(2)17-9-11-19(12-10-17)25-23(28)18-6-5-13-27(15-18)22-14-24-20-7-3-4-8-21(20)26-22/h3-4,7-12,14,16,18H,5-6,13,15H2,1-2H3,(H,25,28)/t18-/m1/s1. The summed E-state index contributed by atoms with van der Waals surface area (Å²) in [4.78, 5) is 24.2. The van der Waals surface area contributed by atoms with Crippen LogP contribution in [0.25, 0.3) is 11.0 Å². The molecule has 0 radical (unpaired) electrons. The summed E-state index contributed by atoms with van der Waals surface area (Å²) in [7, 11) is 0. The molecular weight excluding hydrogens is 348 g/mol. The zero-order chi connectivity index (χ0) is 19.5. The van der Waals surface area contributed by atoms with E-state index in [1.165, 1.54) is 5.56 Å². The summed E-state index contributed by atoms with van der Waals surface area (Å²) in [6.07, 6.45) is 3.68. The van der Waals surface area contributed by atoms with E-state index < -0.39 is 0 Å². The minimum absolute atomic E-state index is 0.0493. The van der Waals surface area contributed by atoms with Gasteiger partial charge in [0.25, 0.3) is 0 Å². The minimum atomic E-state index is -0.0493. The maximum Gasteiger partial charge on any atom is 0.229 e. The Kier molecular flexibility index (Phi) is 5.24. The Morgan fingerprint density at radius 1 is 1.11 bits per heavy atom. The van der Waals surface area contributed by atoms with Crippen LogP contribution in [0.5, 0.6) is 0 Å². The van der Waals surface area contributed by atoms with Gasteiger partial charge in [-0.2, -0.15) is 0 Å². The average molecular weight is 374 g/mol. The molecule has 1 atom stereocenters. The van der Waals surface area contributed by atoms with Gasteiger partial charge in [0.15, 0.2) is 0 Å². The molecule has 2 heterocycles. The third-order valence-electron chi connectivity index (χ3n) is 5.40. The fourth-order valence-corrected chi connectivity index (χ4v) is 3.69. The highest BCUT2D eigenvalue weighted by Gasteiger charge is 2.27. The van der Waals surface area contributed by atoms with Gasteiger partial charge in [0.2, 0.25) is 5.91 Å². The summed E-state index contributed by atoms with van der Waals surface area (Å²) in [6.45, 7) is 5.91. The first-order chi connectivity index (χ1) is 13.6. The first-order valence-electron chi connectivity index (χ1n) is 9.98. The summed E-state index contributed by atoms with van der Waals surface area (Å²) in [6, 6.07) is 16.0. The Balaban J connectivity index is 1.44. The van der Waals surface area contributed by atoms with Crippen molar-refractivity contribution in [2.24, 2.45) is 5.92 Å². The molecule has 0 bridgehead atoms. The number of benzene rings is 2. The predicted molar refractivity (Wildman–Crippen MR) is 114 cm³/mol. The molecule has 144 valence electrons. The Morgan fingerprint density at radius 2 is 1.86 bits per heavy atom. The molecule has 0 aliphatic carbocycles. The van der Waals surface area contributed by atoms with Crippen LogP contribution in [-0.4, -0.2) is 29.0 Å². The van der Waals surface area contributed by atoms with Crippen molar-refractivity contribution in [1.29, 1.82) is 0 Å². The Bertz CT molecular complexity index is 968. The molecule has 1 saturated heterocycles. The quantitative estimate of drug-likeness (QED) is 0.725. The van der Waals surface area contributed by atoms with Crippen molar-refractivity contribution in [3.63, 3.8) is 0 Å². The molecule has 0 unspecified atom stereocenters. The number of carbonyl (C=O) groups is 1. The first-order valence-corrected chi connectivity index (χ1v) is 9.98. The van der Waals surface area contributed by atoms with Crippen LogP contribution < -0.4 is 10.2 Å². The number of para-hydroxylation sites is 2. The molecule has 4 rings (SSSR count). The maximum atomic E-state index is 12.8. The van der Waals surface area contributed by atoms with Gasteiger partial charge in [0, 0.05) is 18.8 Å². The van der Waals surface area contributed by atoms with Crippen molar-refractivity contribution in [3.05, 3.63) is 60.3 Å². The molecule has 1 amide bonds. The van der Waals surface area contributed by atoms with Crippen LogP contribution in [0.1, 0.15) is 38.2 Å². The van der Waals surface area contributed by atoms with E-state index in [1.807, 2.05) is 42.6 Å². The van der Waals surface area contributed by atoms with E-state index >= 15 is 0 Å². The highest BCUT2D eigenvalue weighted by Crippen LogP contribution is 2.24. The third-order valence-corrected chi connectivity index (χ3v) is 5.40. The number of rotatable bonds is 4. The van der Waals surface area contributed by atoms with E-state index in [0.29, 0.717) is 12.5 Å². The molecule has 1 fully saturated rings. The van der Waals surface area contributed by atoms with E-state index in [0.717, 1.165) is 41.9 Å². The van der Waals surface area contributed by atoms with Gasteiger partial charge in [-0.05, 0) is 48.6 Å². The van der Waals surface area contributed by atoms with Gasteiger partial charge in [0.1, 0.15) is 5.82 Å². The van der Waals surface area contributed by atoms with E-state index in [9.17, 15) is 4.79 Å². The zero-order valence-electron chi connectivity index (χ0n) is 16.4. The van der Waals surface area contributed by atoms with Crippen LogP contribution in [0, 0.1) is 5.92 Å². The van der Waals surface area contributed by atoms with Gasteiger partial charge in [-0.1, -0.05) is 38.1 Å². The second-order valence-corrected chi connectivity index (χ2v) is 7.77. The lowest BCUT2D eigenvalue weighted by molar-refractivity contribution is -0.120. The minimum Gasteiger partial charge on any atom is -0.355 e. The van der Waals surface area contributed by atoms with Crippen molar-refractivity contribution in [2.75, 3.05) is 23.3 Å². The van der Waals surface area contributed by atoms with E-state index in [1.54, 1.807) is 0 Å². The summed E-state index contributed by atoms with van der Waals surface area (Å²) >= 11 is 0. The van der Waals surface area contributed by atoms with Crippen molar-refractivity contribution in [1.82, 2.24) is 9.97 Å². The smallest absolute Gasteiger partial charge is 0.229 e. The van der Waals surface area contributed by atoms with E-state index in [2.05, 4.69) is 41.2 Å². The molecule has 0 spiro atoms. The van der Waals surface area contributed by atoms with Crippen LogP contribution in [0.2, 0.25) is 0 Å². The zero-order valence-corrected chi connectivity index (χ0v) is 16.4. The second kappa shape index (κ2) is 7.97. The summed E-state index contributed by atoms with van der Waals surface area (Å²) in [5, 5.41) is 3.08. The van der Waals surface area contributed by atoms with Gasteiger partial charge in [-0.3, -0.25) is 9.78 Å². The lowest BCUT2D eigenvalue weighted by Gasteiger charge is -2.32. The van der Waals surface area contributed by atoms with Crippen LogP contribution >= 0.6 is 0 Å². The average Bonchev–Trinajstić information content (AvgIpc) is 2.74. The van der Waals surface area contributed by atoms with Crippen molar-refractivity contribution >= 4 is 28.4 Å². The summed E-state index contributed by atoms with van der Waals surface area (Å²) < 4.78 is 0. The van der Waals surface area contributed by atoms with Crippen molar-refractivity contribution < 1.29 is 4.79 Å². The molecule has 0 saturated carbocycles. The highest BCUT2D eigenvalue weighted by molar-refractivity contribution is 5.93. The number of aromatic nitrogens is 2. The number of nitrogens with one attached hydrogen (secondary N) is 1. The lowest BCUT2D eigenvalue weighted by Crippen LogP contribution is -2.41. The number of hydrogen-bond acceptors (Lipinski definition) is 4. The fraction of sp³-hybridized carbons (Fsp3) is 0.348. The van der Waals surface area contributed by atoms with Crippen molar-refractivity contribution in [3.8, 4) is 0 Å². The SMILES string of the molecule is CC(C)c1ccc(NC(=O)[C@@H]2CCCN(c3cnc4ccccc4n3)C2)cc1. The second-order valence-electron chi connectivity index (χ2n) is 7.77. The molecule has 28 heavy (non-hydrogen) atoms. The molecule has 5 heteroatoms. The number of carbonyl (C=O) groups excluding carboxylic acids is 1. The summed E-state index contributed by atoms with van der Waals surface area (Å²) in [5.41, 5.74) is 3.91. The third kappa shape index (κ3) is 3.98. The number of anilines is 2. The van der Waals surface area contributed by atoms with Gasteiger partial charge in [-0.15, -0.1) is 0 Å². The van der Waals surface area contributed by atoms with Crippen LogP contribution in [-0.2, 0) is 4.79 Å². The number of fused-ring (bicyclic) bond motifs is 1. The molecule has 1 aliphatic rings. The largest absolute Gasteiger partial charge is 0.355 e. The first kappa shape index (κ1) is 18.4. The topological polar surface area (TPSA) is 58.1 Å². The van der Waals surface area contributed by atoms with Crippen LogP contribution in [0.15, 0.2) is 54.7 Å². The molecule has 5 nitrogen and oxygen atoms in total. The van der Waals surface area contributed by atoms with E-state index in [-0.39, 0.29) is 11.8 Å². The number of amides is 1. The monoisotopic (exact) mass is 374 g/mol. The molecule has 1 aromatic heterocycles. The molecule has 1 N–H and O–H groups in total. The Morgan fingerprint density at radius 3 is 2.61 bits per heavy atom. The molecule has 1 aliphatic heterocycles. The Hall–Kier alpha value is -2.95. The number of nitrogens with zero attached hydrogens (tertiary/aromatic N) is 3. The number of piperidine rings is 1. The lowest BCUT2D eigenvalue weighted by atomic mass is 9.97. The Labute approximate surface area is 165 Å². The molecule has 2 aromatic carbocycles. The van der Waals surface area contributed by atoms with Gasteiger partial charge < -0.3 is 10.2 Å². The molecular formula is C23H26N4O.